The Morgan fingerprint density at radius 3 is 2.89 bits per heavy atom. The molecule has 1 aromatic carbocycles. The van der Waals surface area contributed by atoms with Gasteiger partial charge in [-0.2, -0.15) is 0 Å². The largest absolute Gasteiger partial charge is 0.369 e. The summed E-state index contributed by atoms with van der Waals surface area (Å²) in [5.74, 6) is 1.44. The minimum absolute atomic E-state index is 0.291. The first-order chi connectivity index (χ1) is 9.13. The van der Waals surface area contributed by atoms with Crippen LogP contribution in [-0.4, -0.2) is 9.55 Å². The Balaban J connectivity index is 2.11. The molecule has 0 radical (unpaired) electrons. The van der Waals surface area contributed by atoms with Crippen molar-refractivity contribution in [3.63, 3.8) is 0 Å². The number of hydrogen-bond acceptors (Lipinski definition) is 2. The zero-order valence-electron chi connectivity index (χ0n) is 11.4. The molecule has 2 N–H and O–H groups in total. The Labute approximate surface area is 112 Å². The summed E-state index contributed by atoms with van der Waals surface area (Å²) in [5, 5.41) is 0. The van der Waals surface area contributed by atoms with E-state index < -0.39 is 0 Å². The van der Waals surface area contributed by atoms with Gasteiger partial charge in [0.25, 0.3) is 0 Å². The molecule has 3 nitrogen and oxygen atoms in total. The number of hydrogen-bond donors (Lipinski definition) is 1. The van der Waals surface area contributed by atoms with Crippen molar-refractivity contribution in [2.24, 2.45) is 11.8 Å². The van der Waals surface area contributed by atoms with E-state index in [1.165, 1.54) is 18.9 Å². The molecule has 0 spiro atoms. The predicted molar refractivity (Wildman–Crippen MR) is 75.3 cm³/mol. The smallest absolute Gasteiger partial charge is 0.201 e. The molecule has 0 bridgehead atoms. The van der Waals surface area contributed by atoms with Crippen LogP contribution < -0.4 is 5.73 Å². The van der Waals surface area contributed by atoms with Crippen molar-refractivity contribution >= 4 is 17.0 Å². The van der Waals surface area contributed by atoms with Gasteiger partial charge >= 0.3 is 0 Å². The molecular formula is C15H20FN3. The van der Waals surface area contributed by atoms with E-state index in [2.05, 4.69) is 18.8 Å². The normalized spacial score (nSPS) is 27.2. The van der Waals surface area contributed by atoms with Crippen molar-refractivity contribution in [2.75, 3.05) is 5.73 Å². The van der Waals surface area contributed by atoms with Gasteiger partial charge in [-0.15, -0.1) is 0 Å². The fraction of sp³-hybridized carbons (Fsp3) is 0.533. The molecule has 1 heterocycles. The summed E-state index contributed by atoms with van der Waals surface area (Å²) in [6, 6.07) is 5.42. The Morgan fingerprint density at radius 2 is 2.21 bits per heavy atom. The monoisotopic (exact) mass is 261 g/mol. The lowest BCUT2D eigenvalue weighted by atomic mass is 9.93. The van der Waals surface area contributed by atoms with Crippen molar-refractivity contribution in [2.45, 2.75) is 39.2 Å². The number of nitrogens with zero attached hydrogens (tertiary/aromatic N) is 2. The van der Waals surface area contributed by atoms with Crippen LogP contribution in [-0.2, 0) is 0 Å². The predicted octanol–water partition coefficient (Wildman–Crippen LogP) is 3.75. The fourth-order valence-corrected chi connectivity index (χ4v) is 3.61. The average molecular weight is 261 g/mol. The Kier molecular flexibility index (Phi) is 2.96. The maximum absolute atomic E-state index is 13.8. The van der Waals surface area contributed by atoms with Gasteiger partial charge in [0.2, 0.25) is 5.95 Å². The van der Waals surface area contributed by atoms with Gasteiger partial charge in [-0.05, 0) is 36.8 Å². The lowest BCUT2D eigenvalue weighted by Crippen LogP contribution is -2.17. The number of fused-ring (bicyclic) bond motifs is 1. The van der Waals surface area contributed by atoms with Crippen LogP contribution in [0.5, 0.6) is 0 Å². The topological polar surface area (TPSA) is 43.8 Å². The highest BCUT2D eigenvalue weighted by molar-refractivity contribution is 5.79. The van der Waals surface area contributed by atoms with E-state index >= 15 is 0 Å². The van der Waals surface area contributed by atoms with Gasteiger partial charge in [-0.3, -0.25) is 0 Å². The highest BCUT2D eigenvalue weighted by atomic mass is 19.1. The molecule has 3 atom stereocenters. The second kappa shape index (κ2) is 4.51. The van der Waals surface area contributed by atoms with Crippen LogP contribution in [0, 0.1) is 17.7 Å². The van der Waals surface area contributed by atoms with E-state index in [4.69, 9.17) is 5.73 Å². The molecule has 1 aliphatic carbocycles. The van der Waals surface area contributed by atoms with E-state index in [-0.39, 0.29) is 5.82 Å². The summed E-state index contributed by atoms with van der Waals surface area (Å²) in [5.41, 5.74) is 7.26. The summed E-state index contributed by atoms with van der Waals surface area (Å²) in [6.07, 6.45) is 3.52. The number of benzene rings is 1. The molecular weight excluding hydrogens is 241 g/mol. The first-order valence-electron chi connectivity index (χ1n) is 7.05. The number of nitrogen functional groups attached to an aromatic ring is 1. The van der Waals surface area contributed by atoms with Gasteiger partial charge < -0.3 is 10.3 Å². The van der Waals surface area contributed by atoms with E-state index in [0.29, 0.717) is 23.4 Å². The van der Waals surface area contributed by atoms with Gasteiger partial charge in [0.1, 0.15) is 5.52 Å². The lowest BCUT2D eigenvalue weighted by molar-refractivity contribution is 0.336. The average Bonchev–Trinajstić information content (AvgIpc) is 2.90. The summed E-state index contributed by atoms with van der Waals surface area (Å²) in [4.78, 5) is 4.21. The molecule has 1 aromatic heterocycles. The molecule has 19 heavy (non-hydrogen) atoms. The van der Waals surface area contributed by atoms with Gasteiger partial charge in [-0.1, -0.05) is 26.3 Å². The maximum Gasteiger partial charge on any atom is 0.201 e. The van der Waals surface area contributed by atoms with Crippen LogP contribution in [0.2, 0.25) is 0 Å². The molecule has 1 aliphatic rings. The van der Waals surface area contributed by atoms with Crippen LogP contribution in [0.3, 0.4) is 0 Å². The third kappa shape index (κ3) is 1.81. The van der Waals surface area contributed by atoms with Crippen molar-refractivity contribution in [3.05, 3.63) is 24.0 Å². The number of halogens is 1. The third-order valence-corrected chi connectivity index (χ3v) is 4.74. The Bertz CT molecular complexity index is 605. The van der Waals surface area contributed by atoms with Crippen molar-refractivity contribution in [1.82, 2.24) is 9.55 Å². The molecule has 2 aromatic rings. The Hall–Kier alpha value is -1.58. The Morgan fingerprint density at radius 1 is 1.42 bits per heavy atom. The molecule has 3 rings (SSSR count). The standard InChI is InChI=1S/C15H20FN3/c1-3-10-7-8-12(9(10)2)19-13-6-4-5-11(16)14(13)18-15(19)17/h4-6,9-10,12H,3,7-8H2,1-2H3,(H2,17,18). The van der Waals surface area contributed by atoms with E-state index in [9.17, 15) is 4.39 Å². The van der Waals surface area contributed by atoms with Crippen LogP contribution in [0.15, 0.2) is 18.2 Å². The molecule has 3 unspecified atom stereocenters. The SMILES string of the molecule is CCC1CCC(n2c(N)nc3c(F)cccc32)C1C. The number of nitrogens with two attached hydrogens (primary N) is 1. The van der Waals surface area contributed by atoms with E-state index in [1.54, 1.807) is 6.07 Å². The summed E-state index contributed by atoms with van der Waals surface area (Å²) < 4.78 is 15.8. The summed E-state index contributed by atoms with van der Waals surface area (Å²) >= 11 is 0. The van der Waals surface area contributed by atoms with Gasteiger partial charge in [0.05, 0.1) is 5.52 Å². The van der Waals surface area contributed by atoms with Crippen molar-refractivity contribution in [1.29, 1.82) is 0 Å². The molecule has 102 valence electrons. The van der Waals surface area contributed by atoms with Crippen LogP contribution in [0.25, 0.3) is 11.0 Å². The summed E-state index contributed by atoms with van der Waals surface area (Å²) in [7, 11) is 0. The molecule has 1 saturated carbocycles. The maximum atomic E-state index is 13.8. The van der Waals surface area contributed by atoms with Gasteiger partial charge in [-0.25, -0.2) is 9.37 Å². The van der Waals surface area contributed by atoms with Crippen LogP contribution >= 0.6 is 0 Å². The van der Waals surface area contributed by atoms with Crippen LogP contribution in [0.1, 0.15) is 39.2 Å². The van der Waals surface area contributed by atoms with Crippen molar-refractivity contribution < 1.29 is 4.39 Å². The second-order valence-electron chi connectivity index (χ2n) is 5.62. The number of para-hydroxylation sites is 1. The quantitative estimate of drug-likeness (QED) is 0.894. The minimum Gasteiger partial charge on any atom is -0.369 e. The second-order valence-corrected chi connectivity index (χ2v) is 5.62. The zero-order valence-corrected chi connectivity index (χ0v) is 11.4. The highest BCUT2D eigenvalue weighted by Gasteiger charge is 2.34. The minimum atomic E-state index is -0.291. The van der Waals surface area contributed by atoms with Gasteiger partial charge in [0, 0.05) is 6.04 Å². The lowest BCUT2D eigenvalue weighted by Gasteiger charge is -2.22. The zero-order chi connectivity index (χ0) is 13.6. The van der Waals surface area contributed by atoms with E-state index in [1.807, 2.05) is 10.6 Å². The number of imidazole rings is 1. The summed E-state index contributed by atoms with van der Waals surface area (Å²) in [6.45, 7) is 4.51. The number of aromatic nitrogens is 2. The molecule has 4 heteroatoms. The van der Waals surface area contributed by atoms with Gasteiger partial charge in [0.15, 0.2) is 5.82 Å². The molecule has 1 fully saturated rings. The first kappa shape index (κ1) is 12.5. The molecule has 0 saturated heterocycles. The molecule has 0 amide bonds. The van der Waals surface area contributed by atoms with Crippen LogP contribution in [0.4, 0.5) is 10.3 Å². The molecule has 0 aliphatic heterocycles. The van der Waals surface area contributed by atoms with E-state index in [0.717, 1.165) is 17.9 Å². The third-order valence-electron chi connectivity index (χ3n) is 4.74. The first-order valence-corrected chi connectivity index (χ1v) is 7.05. The highest BCUT2D eigenvalue weighted by Crippen LogP contribution is 2.44. The fourth-order valence-electron chi connectivity index (χ4n) is 3.61. The number of anilines is 1. The van der Waals surface area contributed by atoms with Crippen molar-refractivity contribution in [3.8, 4) is 0 Å². The number of rotatable bonds is 2.